The number of nitrogens with zero attached hydrogens (tertiary/aromatic N) is 1. The lowest BCUT2D eigenvalue weighted by Crippen LogP contribution is -2.40. The van der Waals surface area contributed by atoms with Gasteiger partial charge in [-0.3, -0.25) is 9.59 Å². The average Bonchev–Trinajstić information content (AvgIpc) is 2.61. The summed E-state index contributed by atoms with van der Waals surface area (Å²) in [6, 6.07) is 15.2. The van der Waals surface area contributed by atoms with E-state index in [2.05, 4.69) is 12.2 Å². The van der Waals surface area contributed by atoms with Crippen LogP contribution in [0, 0.1) is 0 Å². The highest BCUT2D eigenvalue weighted by Gasteiger charge is 2.25. The molecule has 2 amide bonds. The third-order valence-corrected chi connectivity index (χ3v) is 3.99. The van der Waals surface area contributed by atoms with Crippen LogP contribution in [0.5, 0.6) is 5.75 Å². The third kappa shape index (κ3) is 3.56. The highest BCUT2D eigenvalue weighted by atomic mass is 16.5. The van der Waals surface area contributed by atoms with Crippen LogP contribution in [0.3, 0.4) is 0 Å². The maximum absolute atomic E-state index is 12.2. The van der Waals surface area contributed by atoms with Crippen LogP contribution in [0.1, 0.15) is 18.9 Å². The van der Waals surface area contributed by atoms with Gasteiger partial charge in [-0.15, -0.1) is 0 Å². The molecule has 0 fully saturated rings. The predicted molar refractivity (Wildman–Crippen MR) is 93.4 cm³/mol. The number of para-hydroxylation sites is 2. The lowest BCUT2D eigenvalue weighted by Gasteiger charge is -2.29. The number of hydrogen-bond donors (Lipinski definition) is 1. The topological polar surface area (TPSA) is 58.6 Å². The van der Waals surface area contributed by atoms with E-state index >= 15 is 0 Å². The quantitative estimate of drug-likeness (QED) is 0.920. The number of fused-ring (bicyclic) bond motifs is 1. The largest absolute Gasteiger partial charge is 0.482 e. The van der Waals surface area contributed by atoms with Crippen molar-refractivity contribution in [3.05, 3.63) is 54.1 Å². The predicted octanol–water partition coefficient (Wildman–Crippen LogP) is 3.00. The molecule has 3 rings (SSSR count). The molecule has 2 aromatic carbocycles. The molecule has 0 spiro atoms. The average molecular weight is 324 g/mol. The van der Waals surface area contributed by atoms with E-state index < -0.39 is 0 Å². The summed E-state index contributed by atoms with van der Waals surface area (Å²) in [5.41, 5.74) is 2.67. The zero-order chi connectivity index (χ0) is 16.9. The molecule has 0 saturated heterocycles. The van der Waals surface area contributed by atoms with Crippen molar-refractivity contribution >= 4 is 23.2 Å². The first-order valence-electron chi connectivity index (χ1n) is 8.08. The highest BCUT2D eigenvalue weighted by molar-refractivity contribution is 5.99. The minimum Gasteiger partial charge on any atom is -0.482 e. The van der Waals surface area contributed by atoms with Gasteiger partial charge in [0.2, 0.25) is 5.91 Å². The van der Waals surface area contributed by atoms with E-state index in [1.807, 2.05) is 48.5 Å². The molecular weight excluding hydrogens is 304 g/mol. The zero-order valence-electron chi connectivity index (χ0n) is 13.6. The molecule has 0 saturated carbocycles. The number of benzene rings is 2. The number of amides is 2. The van der Waals surface area contributed by atoms with Crippen LogP contribution in [0.4, 0.5) is 11.4 Å². The van der Waals surface area contributed by atoms with Crippen LogP contribution in [0.25, 0.3) is 0 Å². The fraction of sp³-hybridized carbons (Fsp3) is 0.263. The number of ether oxygens (including phenoxy) is 1. The molecule has 5 nitrogen and oxygen atoms in total. The standard InChI is InChI=1S/C19H20N2O3/c1-2-14-6-5-7-15(12-14)20-18(22)10-11-21-16-8-3-4-9-17(16)24-13-19(21)23/h3-9,12H,2,10-11,13H2,1H3,(H,20,22). The first kappa shape index (κ1) is 16.1. The van der Waals surface area contributed by atoms with Gasteiger partial charge in [0.05, 0.1) is 5.69 Å². The molecule has 0 radical (unpaired) electrons. The van der Waals surface area contributed by atoms with Crippen molar-refractivity contribution < 1.29 is 14.3 Å². The fourth-order valence-corrected chi connectivity index (χ4v) is 2.70. The van der Waals surface area contributed by atoms with Crippen LogP contribution >= 0.6 is 0 Å². The number of nitrogens with one attached hydrogen (secondary N) is 1. The van der Waals surface area contributed by atoms with Crippen LogP contribution in [0.15, 0.2) is 48.5 Å². The van der Waals surface area contributed by atoms with Crippen LogP contribution in [-0.2, 0) is 16.0 Å². The Balaban J connectivity index is 1.63. The maximum Gasteiger partial charge on any atom is 0.265 e. The van der Waals surface area contributed by atoms with Crippen molar-refractivity contribution in [3.63, 3.8) is 0 Å². The van der Waals surface area contributed by atoms with E-state index in [-0.39, 0.29) is 24.8 Å². The molecular formula is C19H20N2O3. The summed E-state index contributed by atoms with van der Waals surface area (Å²) in [6.45, 7) is 2.41. The summed E-state index contributed by atoms with van der Waals surface area (Å²) in [7, 11) is 0. The van der Waals surface area contributed by atoms with Crippen molar-refractivity contribution in [1.29, 1.82) is 0 Å². The summed E-state index contributed by atoms with van der Waals surface area (Å²) in [6.07, 6.45) is 1.15. The van der Waals surface area contributed by atoms with Gasteiger partial charge in [0, 0.05) is 18.7 Å². The van der Waals surface area contributed by atoms with Crippen molar-refractivity contribution in [2.24, 2.45) is 0 Å². The van der Waals surface area contributed by atoms with E-state index in [1.54, 1.807) is 4.90 Å². The monoisotopic (exact) mass is 324 g/mol. The Labute approximate surface area is 141 Å². The van der Waals surface area contributed by atoms with E-state index in [4.69, 9.17) is 4.74 Å². The molecule has 0 atom stereocenters. The molecule has 24 heavy (non-hydrogen) atoms. The van der Waals surface area contributed by atoms with Gasteiger partial charge in [-0.05, 0) is 36.2 Å². The van der Waals surface area contributed by atoms with E-state index in [0.717, 1.165) is 17.8 Å². The Bertz CT molecular complexity index is 758. The third-order valence-electron chi connectivity index (χ3n) is 3.99. The minimum absolute atomic E-state index is 0.0111. The number of carbonyl (C=O) groups is 2. The van der Waals surface area contributed by atoms with E-state index in [9.17, 15) is 9.59 Å². The number of rotatable bonds is 5. The molecule has 0 unspecified atom stereocenters. The first-order valence-corrected chi connectivity index (χ1v) is 8.08. The van der Waals surface area contributed by atoms with Gasteiger partial charge >= 0.3 is 0 Å². The number of carbonyl (C=O) groups excluding carboxylic acids is 2. The molecule has 0 bridgehead atoms. The normalized spacial score (nSPS) is 13.2. The Morgan fingerprint density at radius 2 is 2.04 bits per heavy atom. The van der Waals surface area contributed by atoms with Gasteiger partial charge < -0.3 is 15.0 Å². The van der Waals surface area contributed by atoms with Gasteiger partial charge in [-0.25, -0.2) is 0 Å². The van der Waals surface area contributed by atoms with Gasteiger partial charge in [0.25, 0.3) is 5.91 Å². The zero-order valence-corrected chi connectivity index (χ0v) is 13.6. The number of anilines is 2. The van der Waals surface area contributed by atoms with E-state index in [0.29, 0.717) is 12.3 Å². The molecule has 5 heteroatoms. The molecule has 1 aliphatic heterocycles. The van der Waals surface area contributed by atoms with Crippen molar-refractivity contribution in [2.75, 3.05) is 23.4 Å². The minimum atomic E-state index is -0.130. The summed E-state index contributed by atoms with van der Waals surface area (Å²) in [4.78, 5) is 25.9. The molecule has 2 aromatic rings. The van der Waals surface area contributed by atoms with Crippen LogP contribution in [-0.4, -0.2) is 25.0 Å². The van der Waals surface area contributed by atoms with Gasteiger partial charge in [-0.1, -0.05) is 31.2 Å². The lowest BCUT2D eigenvalue weighted by atomic mass is 10.1. The lowest BCUT2D eigenvalue weighted by molar-refractivity contribution is -0.121. The van der Waals surface area contributed by atoms with Gasteiger partial charge in [0.15, 0.2) is 6.61 Å². The summed E-state index contributed by atoms with van der Waals surface area (Å²) in [5.74, 6) is 0.433. The SMILES string of the molecule is CCc1cccc(NC(=O)CCN2C(=O)COc3ccccc32)c1. The maximum atomic E-state index is 12.2. The van der Waals surface area contributed by atoms with Crippen molar-refractivity contribution in [3.8, 4) is 5.75 Å². The Kier molecular flexibility index (Phi) is 4.79. The first-order chi connectivity index (χ1) is 11.7. The summed E-state index contributed by atoms with van der Waals surface area (Å²) in [5, 5.41) is 2.89. The fourth-order valence-electron chi connectivity index (χ4n) is 2.70. The molecule has 0 aliphatic carbocycles. The molecule has 1 N–H and O–H groups in total. The Morgan fingerprint density at radius 1 is 1.21 bits per heavy atom. The van der Waals surface area contributed by atoms with Crippen molar-refractivity contribution in [1.82, 2.24) is 0 Å². The Hall–Kier alpha value is -2.82. The van der Waals surface area contributed by atoms with Gasteiger partial charge in [0.1, 0.15) is 5.75 Å². The Morgan fingerprint density at radius 3 is 2.88 bits per heavy atom. The second kappa shape index (κ2) is 7.17. The highest BCUT2D eigenvalue weighted by Crippen LogP contribution is 2.31. The second-order valence-corrected chi connectivity index (χ2v) is 5.65. The molecule has 1 heterocycles. The molecule has 124 valence electrons. The van der Waals surface area contributed by atoms with Crippen molar-refractivity contribution in [2.45, 2.75) is 19.8 Å². The van der Waals surface area contributed by atoms with Crippen LogP contribution in [0.2, 0.25) is 0 Å². The second-order valence-electron chi connectivity index (χ2n) is 5.65. The molecule has 1 aliphatic rings. The smallest absolute Gasteiger partial charge is 0.265 e. The number of aryl methyl sites for hydroxylation is 1. The molecule has 0 aromatic heterocycles. The van der Waals surface area contributed by atoms with E-state index in [1.165, 1.54) is 5.56 Å². The summed E-state index contributed by atoms with van der Waals surface area (Å²) < 4.78 is 5.40. The number of hydrogen-bond acceptors (Lipinski definition) is 3. The summed E-state index contributed by atoms with van der Waals surface area (Å²) >= 11 is 0. The van der Waals surface area contributed by atoms with Gasteiger partial charge in [-0.2, -0.15) is 0 Å². The van der Waals surface area contributed by atoms with Crippen LogP contribution < -0.4 is 15.0 Å².